The maximum Gasteiger partial charge on any atom is 0.338 e. The second-order valence-electron chi connectivity index (χ2n) is 4.37. The van der Waals surface area contributed by atoms with E-state index in [1.54, 1.807) is 30.2 Å². The molecule has 3 rings (SSSR count). The highest BCUT2D eigenvalue weighted by molar-refractivity contribution is 5.92. The summed E-state index contributed by atoms with van der Waals surface area (Å²) in [7, 11) is 0. The number of ether oxygens (including phenoxy) is 1. The zero-order valence-electron chi connectivity index (χ0n) is 11.2. The molecule has 0 bridgehead atoms. The summed E-state index contributed by atoms with van der Waals surface area (Å²) < 4.78 is 11.9. The Balaban J connectivity index is 2.12. The van der Waals surface area contributed by atoms with Gasteiger partial charge >= 0.3 is 5.97 Å². The van der Waals surface area contributed by atoms with Gasteiger partial charge in [-0.2, -0.15) is 10.1 Å². The monoisotopic (exact) mass is 274 g/mol. The Morgan fingerprint density at radius 2 is 2.45 bits per heavy atom. The Kier molecular flexibility index (Phi) is 3.02. The highest BCUT2D eigenvalue weighted by atomic mass is 16.5. The summed E-state index contributed by atoms with van der Waals surface area (Å²) in [5.41, 5.74) is 2.03. The first-order valence-corrected chi connectivity index (χ1v) is 6.29. The van der Waals surface area contributed by atoms with E-state index in [4.69, 9.17) is 9.15 Å². The molecule has 1 N–H and O–H groups in total. The third-order valence-electron chi connectivity index (χ3n) is 3.15. The van der Waals surface area contributed by atoms with Crippen LogP contribution in [0, 0.1) is 0 Å². The van der Waals surface area contributed by atoms with Crippen molar-refractivity contribution in [3.05, 3.63) is 41.8 Å². The molecule has 0 amide bonds. The quantitative estimate of drug-likeness (QED) is 0.858. The van der Waals surface area contributed by atoms with Crippen LogP contribution in [0.1, 0.15) is 25.5 Å². The number of nitrogens with one attached hydrogen (secondary N) is 1. The fourth-order valence-electron chi connectivity index (χ4n) is 2.30. The lowest BCUT2D eigenvalue weighted by atomic mass is 9.98. The van der Waals surface area contributed by atoms with Gasteiger partial charge in [0.1, 0.15) is 12.4 Å². The van der Waals surface area contributed by atoms with Gasteiger partial charge in [0, 0.05) is 11.3 Å². The number of esters is 1. The van der Waals surface area contributed by atoms with Gasteiger partial charge in [-0.1, -0.05) is 0 Å². The van der Waals surface area contributed by atoms with Gasteiger partial charge in [0.15, 0.2) is 0 Å². The minimum absolute atomic E-state index is 0.317. The van der Waals surface area contributed by atoms with E-state index >= 15 is 0 Å². The van der Waals surface area contributed by atoms with E-state index < -0.39 is 6.04 Å². The van der Waals surface area contributed by atoms with Crippen molar-refractivity contribution < 1.29 is 13.9 Å². The molecule has 7 heteroatoms. The number of hydrogen-bond donors (Lipinski definition) is 1. The Labute approximate surface area is 115 Å². The van der Waals surface area contributed by atoms with Gasteiger partial charge in [0.25, 0.3) is 0 Å². The summed E-state index contributed by atoms with van der Waals surface area (Å²) in [6, 6.07) is 1.40. The van der Waals surface area contributed by atoms with Gasteiger partial charge in [-0.05, 0) is 19.9 Å². The molecule has 1 atom stereocenters. The van der Waals surface area contributed by atoms with Crippen molar-refractivity contribution in [1.29, 1.82) is 0 Å². The number of carbonyl (C=O) groups is 1. The lowest BCUT2D eigenvalue weighted by molar-refractivity contribution is -0.139. The number of nitrogens with zero attached hydrogens (tertiary/aromatic N) is 3. The molecule has 0 radical (unpaired) electrons. The predicted octanol–water partition coefficient (Wildman–Crippen LogP) is 1.72. The number of allylic oxidation sites excluding steroid dienone is 1. The van der Waals surface area contributed by atoms with Crippen molar-refractivity contribution in [2.24, 2.45) is 0 Å². The van der Waals surface area contributed by atoms with E-state index in [0.29, 0.717) is 23.8 Å². The van der Waals surface area contributed by atoms with Crippen LogP contribution in [-0.4, -0.2) is 27.3 Å². The first-order chi connectivity index (χ1) is 9.72. The largest absolute Gasteiger partial charge is 0.472 e. The summed E-state index contributed by atoms with van der Waals surface area (Å²) in [4.78, 5) is 16.4. The minimum atomic E-state index is -0.397. The smallest absolute Gasteiger partial charge is 0.338 e. The molecule has 7 nitrogen and oxygen atoms in total. The van der Waals surface area contributed by atoms with E-state index in [-0.39, 0.29) is 5.97 Å². The molecule has 0 saturated heterocycles. The Hall–Kier alpha value is -2.57. The number of anilines is 1. The molecule has 0 fully saturated rings. The predicted molar refractivity (Wildman–Crippen MR) is 69.8 cm³/mol. The van der Waals surface area contributed by atoms with Crippen LogP contribution in [0.3, 0.4) is 0 Å². The summed E-state index contributed by atoms with van der Waals surface area (Å²) >= 11 is 0. The molecule has 1 aliphatic heterocycles. The van der Waals surface area contributed by atoms with Crippen LogP contribution in [-0.2, 0) is 9.53 Å². The molecule has 1 aliphatic rings. The molecule has 2 aromatic heterocycles. The van der Waals surface area contributed by atoms with Crippen LogP contribution in [0.25, 0.3) is 0 Å². The normalized spacial score (nSPS) is 17.6. The third kappa shape index (κ3) is 1.87. The SMILES string of the molecule is CCOC(=O)C1=C(C)Nc2ncnn2[C@H]1c1ccoc1. The lowest BCUT2D eigenvalue weighted by Gasteiger charge is -2.27. The Morgan fingerprint density at radius 3 is 3.15 bits per heavy atom. The summed E-state index contributed by atoms with van der Waals surface area (Å²) in [6.45, 7) is 3.91. The fraction of sp³-hybridized carbons (Fsp3) is 0.308. The van der Waals surface area contributed by atoms with Crippen molar-refractivity contribution in [3.63, 3.8) is 0 Å². The molecule has 0 spiro atoms. The van der Waals surface area contributed by atoms with Gasteiger partial charge in [0.2, 0.25) is 5.95 Å². The van der Waals surface area contributed by atoms with Crippen LogP contribution in [0.5, 0.6) is 0 Å². The topological polar surface area (TPSA) is 82.2 Å². The van der Waals surface area contributed by atoms with Gasteiger partial charge in [-0.25, -0.2) is 9.48 Å². The van der Waals surface area contributed by atoms with Crippen molar-refractivity contribution in [2.75, 3.05) is 11.9 Å². The molecule has 0 aromatic carbocycles. The van der Waals surface area contributed by atoms with E-state index in [2.05, 4.69) is 15.4 Å². The van der Waals surface area contributed by atoms with E-state index in [9.17, 15) is 4.79 Å². The van der Waals surface area contributed by atoms with E-state index in [1.807, 2.05) is 6.92 Å². The van der Waals surface area contributed by atoms with Crippen LogP contribution in [0.15, 0.2) is 40.6 Å². The van der Waals surface area contributed by atoms with E-state index in [0.717, 1.165) is 5.56 Å². The molecule has 0 unspecified atom stereocenters. The van der Waals surface area contributed by atoms with Crippen LogP contribution >= 0.6 is 0 Å². The summed E-state index contributed by atoms with van der Waals surface area (Å²) in [5, 5.41) is 7.24. The second kappa shape index (κ2) is 4.84. The number of aromatic nitrogens is 3. The molecule has 3 heterocycles. The molecule has 2 aromatic rings. The number of fused-ring (bicyclic) bond motifs is 1. The van der Waals surface area contributed by atoms with Crippen molar-refractivity contribution >= 4 is 11.9 Å². The van der Waals surface area contributed by atoms with Gasteiger partial charge in [-0.3, -0.25) is 0 Å². The van der Waals surface area contributed by atoms with Crippen LogP contribution in [0.2, 0.25) is 0 Å². The third-order valence-corrected chi connectivity index (χ3v) is 3.15. The lowest BCUT2D eigenvalue weighted by Crippen LogP contribution is -2.29. The molecular weight excluding hydrogens is 260 g/mol. The summed E-state index contributed by atoms with van der Waals surface area (Å²) in [6.07, 6.45) is 4.59. The first kappa shape index (κ1) is 12.5. The van der Waals surface area contributed by atoms with Gasteiger partial charge in [0.05, 0.1) is 24.7 Å². The maximum absolute atomic E-state index is 12.2. The molecule has 104 valence electrons. The minimum Gasteiger partial charge on any atom is -0.472 e. The molecule has 0 aliphatic carbocycles. The highest BCUT2D eigenvalue weighted by Gasteiger charge is 2.34. The number of carbonyl (C=O) groups excluding carboxylic acids is 1. The van der Waals surface area contributed by atoms with Crippen LogP contribution < -0.4 is 5.32 Å². The number of furan rings is 1. The van der Waals surface area contributed by atoms with Crippen molar-refractivity contribution in [3.8, 4) is 0 Å². The zero-order valence-corrected chi connectivity index (χ0v) is 11.2. The molecule has 0 saturated carbocycles. The average Bonchev–Trinajstić information content (AvgIpc) is 3.07. The van der Waals surface area contributed by atoms with Gasteiger partial charge < -0.3 is 14.5 Å². The standard InChI is InChI=1S/C13H14N4O3/c1-3-20-12(18)10-8(2)16-13-14-7-15-17(13)11(10)9-4-5-19-6-9/h4-7,11H,3H2,1-2H3,(H,14,15,16)/t11-/m0/s1. The number of hydrogen-bond acceptors (Lipinski definition) is 6. The first-order valence-electron chi connectivity index (χ1n) is 6.29. The zero-order chi connectivity index (χ0) is 14.1. The van der Waals surface area contributed by atoms with Gasteiger partial charge in [-0.15, -0.1) is 0 Å². The molecule has 20 heavy (non-hydrogen) atoms. The molecular formula is C13H14N4O3. The number of rotatable bonds is 3. The van der Waals surface area contributed by atoms with Crippen molar-refractivity contribution in [2.45, 2.75) is 19.9 Å². The Morgan fingerprint density at radius 1 is 1.60 bits per heavy atom. The van der Waals surface area contributed by atoms with E-state index in [1.165, 1.54) is 6.33 Å². The van der Waals surface area contributed by atoms with Crippen LogP contribution in [0.4, 0.5) is 5.95 Å². The average molecular weight is 274 g/mol. The second-order valence-corrected chi connectivity index (χ2v) is 4.37. The summed E-state index contributed by atoms with van der Waals surface area (Å²) in [5.74, 6) is 0.214. The fourth-order valence-corrected chi connectivity index (χ4v) is 2.30. The Bertz CT molecular complexity index is 657. The maximum atomic E-state index is 12.2. The highest BCUT2D eigenvalue weighted by Crippen LogP contribution is 2.35. The van der Waals surface area contributed by atoms with Crippen molar-refractivity contribution in [1.82, 2.24) is 14.8 Å².